The van der Waals surface area contributed by atoms with Gasteiger partial charge in [0.15, 0.2) is 0 Å². The fourth-order valence-electron chi connectivity index (χ4n) is 2.33. The number of amides is 2. The average molecular weight is 406 g/mol. The lowest BCUT2D eigenvalue weighted by Crippen LogP contribution is -2.38. The van der Waals surface area contributed by atoms with Gasteiger partial charge in [0.25, 0.3) is 0 Å². The van der Waals surface area contributed by atoms with E-state index in [1.165, 1.54) is 0 Å². The first-order valence-corrected chi connectivity index (χ1v) is 8.09. The summed E-state index contributed by atoms with van der Waals surface area (Å²) in [5.74, 6) is 0. The van der Waals surface area contributed by atoms with Gasteiger partial charge in [0.05, 0.1) is 5.69 Å². The molecule has 1 aliphatic heterocycles. The molecule has 5 nitrogen and oxygen atoms in total. The van der Waals surface area contributed by atoms with Crippen molar-refractivity contribution >= 4 is 39.9 Å². The largest absolute Gasteiger partial charge is 0.322 e. The van der Waals surface area contributed by atoms with Crippen molar-refractivity contribution in [1.29, 1.82) is 0 Å². The van der Waals surface area contributed by atoms with Crippen LogP contribution in [0.1, 0.15) is 12.1 Å². The summed E-state index contributed by atoms with van der Waals surface area (Å²) >= 11 is 2.19. The van der Waals surface area contributed by atoms with Gasteiger partial charge in [-0.25, -0.2) is 9.78 Å². The molecule has 0 radical (unpaired) electrons. The van der Waals surface area contributed by atoms with Crippen molar-refractivity contribution in [1.82, 2.24) is 14.9 Å². The summed E-state index contributed by atoms with van der Waals surface area (Å²) in [6.45, 7) is 1.26. The molecule has 2 heterocycles. The maximum atomic E-state index is 12.2. The molecule has 1 aromatic heterocycles. The second kappa shape index (κ2) is 6.87. The van der Waals surface area contributed by atoms with Crippen molar-refractivity contribution in [2.75, 3.05) is 18.4 Å². The van der Waals surface area contributed by atoms with Crippen LogP contribution in [0.15, 0.2) is 48.8 Å². The topological polar surface area (TPSA) is 58.1 Å². The van der Waals surface area contributed by atoms with Gasteiger partial charge in [0, 0.05) is 31.2 Å². The highest BCUT2D eigenvalue weighted by atomic mass is 127. The molecule has 1 N–H and O–H groups in total. The van der Waals surface area contributed by atoms with Gasteiger partial charge in [-0.05, 0) is 46.7 Å². The molecular weight excluding hydrogens is 391 g/mol. The molecule has 3 rings (SSSR count). The number of benzene rings is 1. The minimum absolute atomic E-state index is 0.0738. The molecule has 0 aliphatic carbocycles. The van der Waals surface area contributed by atoms with Gasteiger partial charge in [-0.3, -0.25) is 4.98 Å². The lowest BCUT2D eigenvalue weighted by molar-refractivity contribution is 0.217. The molecule has 0 saturated heterocycles. The lowest BCUT2D eigenvalue weighted by Gasteiger charge is -2.26. The fraction of sp³-hybridized carbons (Fsp3) is 0.188. The molecule has 1 aliphatic rings. The van der Waals surface area contributed by atoms with Gasteiger partial charge in [-0.2, -0.15) is 0 Å². The van der Waals surface area contributed by atoms with Gasteiger partial charge >= 0.3 is 6.03 Å². The molecule has 0 saturated carbocycles. The Labute approximate surface area is 142 Å². The van der Waals surface area contributed by atoms with Crippen molar-refractivity contribution in [3.63, 3.8) is 0 Å². The van der Waals surface area contributed by atoms with Crippen LogP contribution < -0.4 is 5.32 Å². The Bertz CT molecular complexity index is 702. The highest BCUT2D eigenvalue weighted by Crippen LogP contribution is 2.23. The third kappa shape index (κ3) is 3.44. The van der Waals surface area contributed by atoms with E-state index in [9.17, 15) is 4.79 Å². The zero-order valence-electron chi connectivity index (χ0n) is 11.9. The van der Waals surface area contributed by atoms with Crippen molar-refractivity contribution < 1.29 is 4.79 Å². The van der Waals surface area contributed by atoms with Crippen LogP contribution in [0.5, 0.6) is 0 Å². The molecule has 2 amide bonds. The highest BCUT2D eigenvalue weighted by Gasteiger charge is 2.19. The van der Waals surface area contributed by atoms with E-state index in [1.54, 1.807) is 17.3 Å². The van der Waals surface area contributed by atoms with Crippen LogP contribution in [0, 0.1) is 3.70 Å². The number of nitrogens with zero attached hydrogens (tertiary/aromatic N) is 3. The Morgan fingerprint density at radius 2 is 1.95 bits per heavy atom. The van der Waals surface area contributed by atoms with E-state index in [2.05, 4.69) is 44.0 Å². The van der Waals surface area contributed by atoms with Crippen LogP contribution in [0.2, 0.25) is 0 Å². The monoisotopic (exact) mass is 406 g/mol. The number of anilines is 1. The van der Waals surface area contributed by atoms with Crippen LogP contribution in [0.25, 0.3) is 5.57 Å². The first-order valence-electron chi connectivity index (χ1n) is 7.01. The summed E-state index contributed by atoms with van der Waals surface area (Å²) in [6, 6.07) is 9.42. The van der Waals surface area contributed by atoms with Crippen LogP contribution in [-0.2, 0) is 0 Å². The predicted octanol–water partition coefficient (Wildman–Crippen LogP) is 3.40. The number of para-hydroxylation sites is 1. The maximum absolute atomic E-state index is 12.2. The Balaban J connectivity index is 1.66. The number of halogens is 1. The van der Waals surface area contributed by atoms with E-state index in [0.29, 0.717) is 13.1 Å². The molecule has 0 bridgehead atoms. The van der Waals surface area contributed by atoms with E-state index in [1.807, 2.05) is 30.3 Å². The molecule has 1 aromatic carbocycles. The number of urea groups is 1. The van der Waals surface area contributed by atoms with Crippen LogP contribution in [0.3, 0.4) is 0 Å². The van der Waals surface area contributed by atoms with Gasteiger partial charge in [-0.1, -0.05) is 24.3 Å². The number of carbonyl (C=O) groups excluding carboxylic acids is 1. The summed E-state index contributed by atoms with van der Waals surface area (Å²) in [5, 5.41) is 2.91. The van der Waals surface area contributed by atoms with Gasteiger partial charge < -0.3 is 10.2 Å². The van der Waals surface area contributed by atoms with E-state index in [0.717, 1.165) is 27.1 Å². The molecule has 0 spiro atoms. The lowest BCUT2D eigenvalue weighted by atomic mass is 10.1. The van der Waals surface area contributed by atoms with E-state index >= 15 is 0 Å². The molecule has 112 valence electrons. The van der Waals surface area contributed by atoms with Crippen molar-refractivity contribution in [2.45, 2.75) is 6.42 Å². The maximum Gasteiger partial charge on any atom is 0.322 e. The minimum atomic E-state index is -0.0738. The average Bonchev–Trinajstić information content (AvgIpc) is 2.56. The number of hydrogen-bond donors (Lipinski definition) is 1. The smallest absolute Gasteiger partial charge is 0.320 e. The third-order valence-electron chi connectivity index (χ3n) is 3.48. The fourth-order valence-corrected chi connectivity index (χ4v) is 2.98. The Morgan fingerprint density at radius 1 is 1.18 bits per heavy atom. The summed E-state index contributed by atoms with van der Waals surface area (Å²) in [6.07, 6.45) is 6.23. The third-order valence-corrected chi connectivity index (χ3v) is 4.27. The number of nitrogens with one attached hydrogen (secondary N) is 1. The normalized spacial score (nSPS) is 14.4. The molecule has 0 fully saturated rings. The first kappa shape index (κ1) is 15.0. The summed E-state index contributed by atoms with van der Waals surface area (Å²) in [5.41, 5.74) is 2.89. The first-order chi connectivity index (χ1) is 10.7. The zero-order chi connectivity index (χ0) is 15.4. The Morgan fingerprint density at radius 3 is 2.64 bits per heavy atom. The van der Waals surface area contributed by atoms with E-state index in [-0.39, 0.29) is 6.03 Å². The Kier molecular flexibility index (Phi) is 4.67. The van der Waals surface area contributed by atoms with Gasteiger partial charge in [0.2, 0.25) is 0 Å². The van der Waals surface area contributed by atoms with Gasteiger partial charge in [0.1, 0.15) is 3.70 Å². The second-order valence-electron chi connectivity index (χ2n) is 4.92. The zero-order valence-corrected chi connectivity index (χ0v) is 14.0. The van der Waals surface area contributed by atoms with Crippen LogP contribution in [0.4, 0.5) is 10.5 Å². The molecule has 6 heteroatoms. The van der Waals surface area contributed by atoms with Crippen molar-refractivity contribution in [2.24, 2.45) is 0 Å². The molecule has 0 atom stereocenters. The molecular formula is C16H15IN4O. The van der Waals surface area contributed by atoms with Gasteiger partial charge in [-0.15, -0.1) is 0 Å². The molecule has 0 unspecified atom stereocenters. The highest BCUT2D eigenvalue weighted by molar-refractivity contribution is 14.1. The van der Waals surface area contributed by atoms with Crippen molar-refractivity contribution in [3.05, 3.63) is 58.2 Å². The Hall–Kier alpha value is -1.96. The van der Waals surface area contributed by atoms with E-state index < -0.39 is 0 Å². The number of hydrogen-bond acceptors (Lipinski definition) is 3. The minimum Gasteiger partial charge on any atom is -0.320 e. The second-order valence-corrected chi connectivity index (χ2v) is 5.94. The van der Waals surface area contributed by atoms with Crippen LogP contribution in [-0.4, -0.2) is 34.0 Å². The van der Waals surface area contributed by atoms with Crippen LogP contribution >= 0.6 is 22.6 Å². The quantitative estimate of drug-likeness (QED) is 0.778. The predicted molar refractivity (Wildman–Crippen MR) is 94.4 cm³/mol. The summed E-state index contributed by atoms with van der Waals surface area (Å²) in [7, 11) is 0. The SMILES string of the molecule is O=C(Nc1ccccc1)N1CC=C(c2nccnc2I)CC1. The molecule has 2 aromatic rings. The van der Waals surface area contributed by atoms with E-state index in [4.69, 9.17) is 0 Å². The molecule has 22 heavy (non-hydrogen) atoms. The number of rotatable bonds is 2. The standard InChI is InChI=1S/C16H15IN4O/c17-15-14(18-8-9-19-15)12-6-10-21(11-7-12)16(22)20-13-4-2-1-3-5-13/h1-6,8-9H,7,10-11H2,(H,20,22). The summed E-state index contributed by atoms with van der Waals surface area (Å²) < 4.78 is 0.897. The van der Waals surface area contributed by atoms with Crippen molar-refractivity contribution in [3.8, 4) is 0 Å². The summed E-state index contributed by atoms with van der Waals surface area (Å²) in [4.78, 5) is 22.7. The number of aromatic nitrogens is 2. The number of carbonyl (C=O) groups is 1.